The van der Waals surface area contributed by atoms with Crippen LogP contribution in [0.3, 0.4) is 0 Å². The number of benzene rings is 1. The highest BCUT2D eigenvalue weighted by molar-refractivity contribution is 5.22. The van der Waals surface area contributed by atoms with E-state index in [9.17, 15) is 0 Å². The van der Waals surface area contributed by atoms with Crippen molar-refractivity contribution in [3.8, 4) is 0 Å². The Morgan fingerprint density at radius 1 is 1.15 bits per heavy atom. The van der Waals surface area contributed by atoms with E-state index < -0.39 is 0 Å². The molecule has 3 N–H and O–H groups in total. The molecular formula is C18H30N2. The van der Waals surface area contributed by atoms with E-state index in [-0.39, 0.29) is 0 Å². The Kier molecular flexibility index (Phi) is 6.06. The minimum atomic E-state index is 0.431. The second-order valence-electron chi connectivity index (χ2n) is 6.53. The van der Waals surface area contributed by atoms with Gasteiger partial charge in [0.25, 0.3) is 0 Å². The Morgan fingerprint density at radius 3 is 2.35 bits per heavy atom. The summed E-state index contributed by atoms with van der Waals surface area (Å²) >= 11 is 0. The van der Waals surface area contributed by atoms with Crippen LogP contribution in [-0.4, -0.2) is 6.04 Å². The molecule has 1 aliphatic carbocycles. The summed E-state index contributed by atoms with van der Waals surface area (Å²) in [6.45, 7) is 4.44. The molecule has 0 radical (unpaired) electrons. The quantitative estimate of drug-likeness (QED) is 0.608. The van der Waals surface area contributed by atoms with Gasteiger partial charge in [-0.25, -0.2) is 0 Å². The topological polar surface area (TPSA) is 38.0 Å². The van der Waals surface area contributed by atoms with E-state index in [1.165, 1.54) is 49.7 Å². The van der Waals surface area contributed by atoms with Crippen molar-refractivity contribution in [3.63, 3.8) is 0 Å². The third-order valence-electron chi connectivity index (χ3n) is 4.95. The minimum absolute atomic E-state index is 0.431. The molecule has 0 saturated heterocycles. The second kappa shape index (κ2) is 7.80. The monoisotopic (exact) mass is 274 g/mol. The van der Waals surface area contributed by atoms with Gasteiger partial charge in [0.2, 0.25) is 0 Å². The lowest BCUT2D eigenvalue weighted by atomic mass is 9.76. The van der Waals surface area contributed by atoms with E-state index >= 15 is 0 Å². The van der Waals surface area contributed by atoms with E-state index in [0.29, 0.717) is 6.04 Å². The molecule has 0 aliphatic heterocycles. The second-order valence-corrected chi connectivity index (χ2v) is 6.53. The third kappa shape index (κ3) is 4.32. The van der Waals surface area contributed by atoms with Crippen molar-refractivity contribution in [1.29, 1.82) is 0 Å². The zero-order chi connectivity index (χ0) is 14.4. The van der Waals surface area contributed by atoms with Gasteiger partial charge in [-0.05, 0) is 43.6 Å². The van der Waals surface area contributed by atoms with Gasteiger partial charge < -0.3 is 0 Å². The molecule has 1 unspecified atom stereocenters. The number of nitrogens with two attached hydrogens (primary N) is 1. The number of hydrogen-bond acceptors (Lipinski definition) is 2. The molecule has 0 bridgehead atoms. The van der Waals surface area contributed by atoms with Crippen LogP contribution in [0.15, 0.2) is 24.3 Å². The molecule has 2 nitrogen and oxygen atoms in total. The maximum absolute atomic E-state index is 5.82. The molecule has 20 heavy (non-hydrogen) atoms. The fraction of sp³-hybridized carbons (Fsp3) is 0.667. The summed E-state index contributed by atoms with van der Waals surface area (Å²) in [5.74, 6) is 7.54. The van der Waals surface area contributed by atoms with Crippen LogP contribution < -0.4 is 11.3 Å². The van der Waals surface area contributed by atoms with Crippen molar-refractivity contribution in [2.75, 3.05) is 0 Å². The molecule has 1 saturated carbocycles. The summed E-state index contributed by atoms with van der Waals surface area (Å²) < 4.78 is 0. The molecule has 112 valence electrons. The van der Waals surface area contributed by atoms with Gasteiger partial charge in [-0.1, -0.05) is 62.4 Å². The Morgan fingerprint density at radius 2 is 1.80 bits per heavy atom. The van der Waals surface area contributed by atoms with E-state index in [2.05, 4.69) is 43.5 Å². The average molecular weight is 274 g/mol. The third-order valence-corrected chi connectivity index (χ3v) is 4.95. The highest BCUT2D eigenvalue weighted by Gasteiger charge is 2.26. The predicted molar refractivity (Wildman–Crippen MR) is 86.4 cm³/mol. The Balaban J connectivity index is 1.87. The van der Waals surface area contributed by atoms with Crippen LogP contribution >= 0.6 is 0 Å². The number of hydrogen-bond donors (Lipinski definition) is 2. The van der Waals surface area contributed by atoms with E-state index in [1.807, 2.05) is 0 Å². The van der Waals surface area contributed by atoms with Crippen molar-refractivity contribution in [1.82, 2.24) is 5.43 Å². The van der Waals surface area contributed by atoms with Crippen LogP contribution in [0.4, 0.5) is 0 Å². The zero-order valence-electron chi connectivity index (χ0n) is 13.1. The van der Waals surface area contributed by atoms with Crippen molar-refractivity contribution in [2.24, 2.45) is 17.7 Å². The van der Waals surface area contributed by atoms with Crippen LogP contribution in [0.2, 0.25) is 0 Å². The van der Waals surface area contributed by atoms with Gasteiger partial charge in [-0.15, -0.1) is 0 Å². The summed E-state index contributed by atoms with van der Waals surface area (Å²) in [5, 5.41) is 0. The van der Waals surface area contributed by atoms with Gasteiger partial charge in [0, 0.05) is 6.04 Å². The van der Waals surface area contributed by atoms with Crippen LogP contribution in [0, 0.1) is 18.8 Å². The molecular weight excluding hydrogens is 244 g/mol. The average Bonchev–Trinajstić information content (AvgIpc) is 2.48. The van der Waals surface area contributed by atoms with Crippen molar-refractivity contribution < 1.29 is 0 Å². The molecule has 0 amide bonds. The maximum Gasteiger partial charge on any atom is 0.0279 e. The summed E-state index contributed by atoms with van der Waals surface area (Å²) in [7, 11) is 0. The standard InChI is InChI=1S/C18H30N2/c1-3-4-15-9-11-17(12-10-15)18(20-19)13-16-7-5-14(2)6-8-16/h5-8,15,17-18,20H,3-4,9-13,19H2,1-2H3. The summed E-state index contributed by atoms with van der Waals surface area (Å²) in [6.07, 6.45) is 9.26. The summed E-state index contributed by atoms with van der Waals surface area (Å²) in [6, 6.07) is 9.30. The van der Waals surface area contributed by atoms with Gasteiger partial charge in [-0.2, -0.15) is 0 Å². The first kappa shape index (κ1) is 15.5. The highest BCUT2D eigenvalue weighted by atomic mass is 15.2. The first-order valence-electron chi connectivity index (χ1n) is 8.24. The number of hydrazine groups is 1. The molecule has 1 aromatic rings. The van der Waals surface area contributed by atoms with Crippen molar-refractivity contribution in [2.45, 2.75) is 64.8 Å². The van der Waals surface area contributed by atoms with Gasteiger partial charge >= 0.3 is 0 Å². The maximum atomic E-state index is 5.82. The lowest BCUT2D eigenvalue weighted by molar-refractivity contribution is 0.213. The van der Waals surface area contributed by atoms with Gasteiger partial charge in [0.1, 0.15) is 0 Å². The van der Waals surface area contributed by atoms with Crippen LogP contribution in [0.1, 0.15) is 56.6 Å². The minimum Gasteiger partial charge on any atom is -0.271 e. The van der Waals surface area contributed by atoms with Gasteiger partial charge in [0.05, 0.1) is 0 Å². The predicted octanol–water partition coefficient (Wildman–Crippen LogP) is 3.98. The van der Waals surface area contributed by atoms with Crippen molar-refractivity contribution >= 4 is 0 Å². The SMILES string of the molecule is CCCC1CCC(C(Cc2ccc(C)cc2)NN)CC1. The lowest BCUT2D eigenvalue weighted by Crippen LogP contribution is -2.43. The fourth-order valence-electron chi connectivity index (χ4n) is 3.63. The fourth-order valence-corrected chi connectivity index (χ4v) is 3.63. The Hall–Kier alpha value is -0.860. The van der Waals surface area contributed by atoms with Crippen LogP contribution in [0.25, 0.3) is 0 Å². The Bertz CT molecular complexity index is 377. The van der Waals surface area contributed by atoms with Gasteiger partial charge in [-0.3, -0.25) is 11.3 Å². The number of nitrogens with one attached hydrogen (secondary N) is 1. The Labute approximate surface area is 124 Å². The molecule has 2 rings (SSSR count). The highest BCUT2D eigenvalue weighted by Crippen LogP contribution is 2.33. The molecule has 0 spiro atoms. The molecule has 1 fully saturated rings. The smallest absolute Gasteiger partial charge is 0.0279 e. The summed E-state index contributed by atoms with van der Waals surface area (Å²) in [5.41, 5.74) is 5.80. The molecule has 1 aromatic carbocycles. The molecule has 0 heterocycles. The zero-order valence-corrected chi connectivity index (χ0v) is 13.1. The first-order chi connectivity index (χ1) is 9.72. The van der Waals surface area contributed by atoms with E-state index in [0.717, 1.165) is 18.3 Å². The van der Waals surface area contributed by atoms with Gasteiger partial charge in [0.15, 0.2) is 0 Å². The largest absolute Gasteiger partial charge is 0.271 e. The number of rotatable bonds is 6. The molecule has 1 atom stereocenters. The van der Waals surface area contributed by atoms with Crippen LogP contribution in [-0.2, 0) is 6.42 Å². The lowest BCUT2D eigenvalue weighted by Gasteiger charge is -2.33. The molecule has 2 heteroatoms. The molecule has 0 aromatic heterocycles. The van der Waals surface area contributed by atoms with E-state index in [4.69, 9.17) is 5.84 Å². The number of aryl methyl sites for hydroxylation is 1. The molecule has 1 aliphatic rings. The summed E-state index contributed by atoms with van der Waals surface area (Å²) in [4.78, 5) is 0. The normalized spacial score (nSPS) is 24.6. The first-order valence-corrected chi connectivity index (χ1v) is 8.24. The van der Waals surface area contributed by atoms with Crippen molar-refractivity contribution in [3.05, 3.63) is 35.4 Å². The van der Waals surface area contributed by atoms with E-state index in [1.54, 1.807) is 0 Å². The van der Waals surface area contributed by atoms with Crippen LogP contribution in [0.5, 0.6) is 0 Å².